The van der Waals surface area contributed by atoms with Crippen LogP contribution in [0.1, 0.15) is 28.8 Å². The summed E-state index contributed by atoms with van der Waals surface area (Å²) in [5.74, 6) is 0.510. The molecule has 1 aliphatic rings. The van der Waals surface area contributed by atoms with Crippen molar-refractivity contribution < 1.29 is 14.3 Å². The molecule has 3 N–H and O–H groups in total. The Morgan fingerprint density at radius 2 is 1.76 bits per heavy atom. The maximum absolute atomic E-state index is 12.2. The Hall–Kier alpha value is -3.02. The molecule has 0 aromatic heterocycles. The number of benzene rings is 2. The molecule has 6 heteroatoms. The normalized spacial score (nSPS) is 13.0. The van der Waals surface area contributed by atoms with Crippen LogP contribution in [-0.4, -0.2) is 25.1 Å². The van der Waals surface area contributed by atoms with Gasteiger partial charge < -0.3 is 20.7 Å². The van der Waals surface area contributed by atoms with E-state index in [1.807, 2.05) is 19.1 Å². The summed E-state index contributed by atoms with van der Waals surface area (Å²) in [6.45, 7) is 1.94. The van der Waals surface area contributed by atoms with Crippen molar-refractivity contribution >= 4 is 23.3 Å². The zero-order valence-corrected chi connectivity index (χ0v) is 14.3. The third-order valence-corrected chi connectivity index (χ3v) is 3.92. The van der Waals surface area contributed by atoms with Crippen molar-refractivity contribution in [2.24, 2.45) is 0 Å². The molecule has 0 unspecified atom stereocenters. The Morgan fingerprint density at radius 3 is 2.40 bits per heavy atom. The van der Waals surface area contributed by atoms with E-state index in [1.165, 1.54) is 0 Å². The Kier molecular flexibility index (Phi) is 4.88. The highest BCUT2D eigenvalue weighted by molar-refractivity contribution is 6.01. The van der Waals surface area contributed by atoms with Gasteiger partial charge in [0, 0.05) is 17.3 Å². The number of amides is 3. The molecule has 0 saturated heterocycles. The van der Waals surface area contributed by atoms with Gasteiger partial charge in [0.05, 0.1) is 12.8 Å². The number of carbonyl (C=O) groups excluding carboxylic acids is 2. The van der Waals surface area contributed by atoms with E-state index in [2.05, 4.69) is 16.0 Å². The van der Waals surface area contributed by atoms with E-state index >= 15 is 0 Å². The lowest BCUT2D eigenvalue weighted by Gasteiger charge is -2.12. The summed E-state index contributed by atoms with van der Waals surface area (Å²) >= 11 is 0. The van der Waals surface area contributed by atoms with Crippen LogP contribution >= 0.6 is 0 Å². The van der Waals surface area contributed by atoms with Gasteiger partial charge in [-0.05, 0) is 61.7 Å². The van der Waals surface area contributed by atoms with Gasteiger partial charge >= 0.3 is 6.03 Å². The van der Waals surface area contributed by atoms with Crippen LogP contribution in [0.25, 0.3) is 0 Å². The molecule has 0 aliphatic heterocycles. The molecule has 25 heavy (non-hydrogen) atoms. The van der Waals surface area contributed by atoms with Crippen LogP contribution in [0, 0.1) is 6.92 Å². The molecule has 1 fully saturated rings. The van der Waals surface area contributed by atoms with Gasteiger partial charge in [-0.3, -0.25) is 4.79 Å². The monoisotopic (exact) mass is 339 g/mol. The van der Waals surface area contributed by atoms with E-state index in [0.29, 0.717) is 28.7 Å². The number of carbonyl (C=O) groups is 2. The molecule has 2 aromatic carbocycles. The number of nitrogens with one attached hydrogen (secondary N) is 3. The summed E-state index contributed by atoms with van der Waals surface area (Å²) in [4.78, 5) is 24.1. The maximum Gasteiger partial charge on any atom is 0.323 e. The number of ether oxygens (including phenoxy) is 1. The zero-order chi connectivity index (χ0) is 17.8. The lowest BCUT2D eigenvalue weighted by atomic mass is 10.2. The lowest BCUT2D eigenvalue weighted by Crippen LogP contribution is -2.25. The maximum atomic E-state index is 12.2. The van der Waals surface area contributed by atoms with Gasteiger partial charge in [-0.15, -0.1) is 0 Å². The molecule has 0 heterocycles. The Bertz CT molecular complexity index is 783. The molecule has 0 radical (unpaired) electrons. The van der Waals surface area contributed by atoms with Crippen LogP contribution in [0.2, 0.25) is 0 Å². The number of hydrogen-bond donors (Lipinski definition) is 3. The fourth-order valence-corrected chi connectivity index (χ4v) is 2.41. The average molecular weight is 339 g/mol. The Balaban J connectivity index is 1.61. The van der Waals surface area contributed by atoms with Crippen molar-refractivity contribution in [1.29, 1.82) is 0 Å². The molecular weight excluding hydrogens is 318 g/mol. The predicted molar refractivity (Wildman–Crippen MR) is 97.3 cm³/mol. The van der Waals surface area contributed by atoms with Crippen LogP contribution in [0.15, 0.2) is 42.5 Å². The van der Waals surface area contributed by atoms with Gasteiger partial charge in [-0.25, -0.2) is 4.79 Å². The van der Waals surface area contributed by atoms with Crippen molar-refractivity contribution in [2.45, 2.75) is 25.8 Å². The minimum Gasteiger partial charge on any atom is -0.495 e. The van der Waals surface area contributed by atoms with E-state index in [1.54, 1.807) is 37.4 Å². The number of urea groups is 1. The molecular formula is C19H21N3O3. The van der Waals surface area contributed by atoms with E-state index in [-0.39, 0.29) is 11.9 Å². The SMILES string of the molecule is COc1ccc(C)cc1NC(=O)Nc1ccc(C(=O)NC2CC2)cc1. The largest absolute Gasteiger partial charge is 0.495 e. The van der Waals surface area contributed by atoms with Gasteiger partial charge in [0.2, 0.25) is 0 Å². The molecule has 1 saturated carbocycles. The number of anilines is 2. The standard InChI is InChI=1S/C19H21N3O3/c1-12-3-10-17(25-2)16(11-12)22-19(24)21-15-6-4-13(5-7-15)18(23)20-14-8-9-14/h3-7,10-11,14H,8-9H2,1-2H3,(H,20,23)(H2,21,22,24). The zero-order valence-electron chi connectivity index (χ0n) is 14.3. The topological polar surface area (TPSA) is 79.5 Å². The van der Waals surface area contributed by atoms with Crippen LogP contribution in [0.5, 0.6) is 5.75 Å². The lowest BCUT2D eigenvalue weighted by molar-refractivity contribution is 0.0951. The second-order valence-electron chi connectivity index (χ2n) is 6.11. The van der Waals surface area contributed by atoms with E-state index in [9.17, 15) is 9.59 Å². The van der Waals surface area contributed by atoms with Crippen LogP contribution in [0.3, 0.4) is 0 Å². The van der Waals surface area contributed by atoms with Crippen LogP contribution in [-0.2, 0) is 0 Å². The molecule has 3 rings (SSSR count). The summed E-state index contributed by atoms with van der Waals surface area (Å²) in [7, 11) is 1.55. The summed E-state index contributed by atoms with van der Waals surface area (Å²) in [5.41, 5.74) is 2.80. The first-order valence-electron chi connectivity index (χ1n) is 8.19. The van der Waals surface area contributed by atoms with Crippen molar-refractivity contribution in [1.82, 2.24) is 5.32 Å². The van der Waals surface area contributed by atoms with E-state index in [0.717, 1.165) is 18.4 Å². The van der Waals surface area contributed by atoms with Crippen LogP contribution < -0.4 is 20.7 Å². The third kappa shape index (κ3) is 4.50. The van der Waals surface area contributed by atoms with Crippen molar-refractivity contribution in [3.05, 3.63) is 53.6 Å². The number of rotatable bonds is 5. The highest BCUT2D eigenvalue weighted by atomic mass is 16.5. The van der Waals surface area contributed by atoms with Gasteiger partial charge in [-0.2, -0.15) is 0 Å². The average Bonchev–Trinajstić information content (AvgIpc) is 3.39. The highest BCUT2D eigenvalue weighted by Gasteiger charge is 2.23. The molecule has 0 spiro atoms. The van der Waals surface area contributed by atoms with E-state index in [4.69, 9.17) is 4.74 Å². The molecule has 0 atom stereocenters. The Labute approximate surface area is 146 Å². The smallest absolute Gasteiger partial charge is 0.323 e. The fraction of sp³-hybridized carbons (Fsp3) is 0.263. The van der Waals surface area contributed by atoms with Gasteiger partial charge in [0.1, 0.15) is 5.75 Å². The number of hydrogen-bond acceptors (Lipinski definition) is 3. The number of aryl methyl sites for hydroxylation is 1. The summed E-state index contributed by atoms with van der Waals surface area (Å²) in [6.07, 6.45) is 2.10. The second kappa shape index (κ2) is 7.25. The molecule has 3 amide bonds. The quantitative estimate of drug-likeness (QED) is 0.779. The first-order chi connectivity index (χ1) is 12.0. The minimum atomic E-state index is -0.376. The van der Waals surface area contributed by atoms with E-state index < -0.39 is 0 Å². The van der Waals surface area contributed by atoms with Crippen molar-refractivity contribution in [3.63, 3.8) is 0 Å². The first kappa shape index (κ1) is 16.8. The second-order valence-corrected chi connectivity index (χ2v) is 6.11. The van der Waals surface area contributed by atoms with Gasteiger partial charge in [-0.1, -0.05) is 6.07 Å². The molecule has 2 aromatic rings. The first-order valence-corrected chi connectivity index (χ1v) is 8.19. The van der Waals surface area contributed by atoms with Crippen LogP contribution in [0.4, 0.5) is 16.2 Å². The number of methoxy groups -OCH3 is 1. The summed E-state index contributed by atoms with van der Waals surface area (Å²) < 4.78 is 5.24. The Morgan fingerprint density at radius 1 is 1.04 bits per heavy atom. The molecule has 6 nitrogen and oxygen atoms in total. The van der Waals surface area contributed by atoms with Crippen molar-refractivity contribution in [2.75, 3.05) is 17.7 Å². The molecule has 0 bridgehead atoms. The molecule has 1 aliphatic carbocycles. The van der Waals surface area contributed by atoms with Gasteiger partial charge in [0.25, 0.3) is 5.91 Å². The summed E-state index contributed by atoms with van der Waals surface area (Å²) in [5, 5.41) is 8.44. The minimum absolute atomic E-state index is 0.0806. The third-order valence-electron chi connectivity index (χ3n) is 3.92. The summed E-state index contributed by atoms with van der Waals surface area (Å²) in [6, 6.07) is 12.3. The van der Waals surface area contributed by atoms with Gasteiger partial charge in [0.15, 0.2) is 0 Å². The highest BCUT2D eigenvalue weighted by Crippen LogP contribution is 2.25. The predicted octanol–water partition coefficient (Wildman–Crippen LogP) is 3.54. The fourth-order valence-electron chi connectivity index (χ4n) is 2.41. The molecule has 130 valence electrons. The van der Waals surface area contributed by atoms with Crippen molar-refractivity contribution in [3.8, 4) is 5.75 Å².